The summed E-state index contributed by atoms with van der Waals surface area (Å²) in [6, 6.07) is 5.89. The number of hydrogen-bond acceptors (Lipinski definition) is 4. The number of rotatable bonds is 4. The number of nitrogens with zero attached hydrogens (tertiary/aromatic N) is 2. The Balaban J connectivity index is 2.33. The lowest BCUT2D eigenvalue weighted by molar-refractivity contribution is 0.102. The quantitative estimate of drug-likeness (QED) is 0.927. The van der Waals surface area contributed by atoms with Gasteiger partial charge in [-0.05, 0) is 32.0 Å². The van der Waals surface area contributed by atoms with Crippen molar-refractivity contribution in [3.8, 4) is 0 Å². The number of hydrogen-bond donors (Lipinski definition) is 1. The van der Waals surface area contributed by atoms with E-state index < -0.39 is 15.7 Å². The molecule has 0 atom stereocenters. The molecular formula is C14H16ClN3O3S. The minimum absolute atomic E-state index is 0.0702. The zero-order chi connectivity index (χ0) is 16.5. The van der Waals surface area contributed by atoms with Crippen LogP contribution in [0.4, 0.5) is 5.82 Å². The Labute approximate surface area is 134 Å². The van der Waals surface area contributed by atoms with Crippen LogP contribution >= 0.6 is 11.6 Å². The van der Waals surface area contributed by atoms with Crippen molar-refractivity contribution in [2.45, 2.75) is 24.8 Å². The molecule has 22 heavy (non-hydrogen) atoms. The molecule has 1 aromatic carbocycles. The van der Waals surface area contributed by atoms with E-state index >= 15 is 0 Å². The van der Waals surface area contributed by atoms with Gasteiger partial charge in [0.1, 0.15) is 5.82 Å². The van der Waals surface area contributed by atoms with Gasteiger partial charge in [0, 0.05) is 23.9 Å². The minimum atomic E-state index is -3.50. The van der Waals surface area contributed by atoms with Gasteiger partial charge in [0.25, 0.3) is 5.91 Å². The second-order valence-electron chi connectivity index (χ2n) is 5.13. The molecule has 1 aromatic heterocycles. The molecule has 6 nitrogen and oxygen atoms in total. The van der Waals surface area contributed by atoms with Crippen molar-refractivity contribution in [3.63, 3.8) is 0 Å². The molecule has 0 aliphatic heterocycles. The zero-order valence-electron chi connectivity index (χ0n) is 12.4. The van der Waals surface area contributed by atoms with Crippen molar-refractivity contribution in [3.05, 3.63) is 41.0 Å². The maximum absolute atomic E-state index is 12.3. The van der Waals surface area contributed by atoms with Crippen LogP contribution in [0.2, 0.25) is 5.02 Å². The molecule has 0 saturated heterocycles. The van der Waals surface area contributed by atoms with Gasteiger partial charge >= 0.3 is 0 Å². The predicted octanol–water partition coefficient (Wildman–Crippen LogP) is 2.77. The standard InChI is InChI=1S/C14H16ClN3O3S/c1-9(2)18-13(6-7-16-18)17-14(19)10-4-5-11(15)12(8-10)22(3,20)21/h4-9H,1-3H3,(H,17,19). The summed E-state index contributed by atoms with van der Waals surface area (Å²) >= 11 is 5.87. The molecule has 0 unspecified atom stereocenters. The Kier molecular flexibility index (Phi) is 4.58. The lowest BCUT2D eigenvalue weighted by Crippen LogP contribution is -2.17. The maximum Gasteiger partial charge on any atom is 0.256 e. The fraction of sp³-hybridized carbons (Fsp3) is 0.286. The van der Waals surface area contributed by atoms with E-state index in [4.69, 9.17) is 11.6 Å². The molecule has 0 radical (unpaired) electrons. The van der Waals surface area contributed by atoms with Crippen LogP contribution in [0.15, 0.2) is 35.4 Å². The average Bonchev–Trinajstić information content (AvgIpc) is 2.86. The van der Waals surface area contributed by atoms with Crippen LogP contribution in [-0.4, -0.2) is 30.4 Å². The fourth-order valence-corrected chi connectivity index (χ4v) is 3.24. The molecule has 1 amide bonds. The molecule has 8 heteroatoms. The third-order valence-electron chi connectivity index (χ3n) is 2.99. The number of benzene rings is 1. The summed E-state index contributed by atoms with van der Waals surface area (Å²) in [4.78, 5) is 12.2. The molecule has 0 saturated carbocycles. The van der Waals surface area contributed by atoms with Crippen LogP contribution in [0.25, 0.3) is 0 Å². The van der Waals surface area contributed by atoms with E-state index in [0.717, 1.165) is 6.26 Å². The third-order valence-corrected chi connectivity index (χ3v) is 4.57. The first-order valence-corrected chi connectivity index (χ1v) is 8.81. The zero-order valence-corrected chi connectivity index (χ0v) is 13.9. The van der Waals surface area contributed by atoms with Gasteiger partial charge in [0.2, 0.25) is 0 Å². The molecule has 0 bridgehead atoms. The van der Waals surface area contributed by atoms with Gasteiger partial charge in [-0.3, -0.25) is 4.79 Å². The first kappa shape index (κ1) is 16.5. The Bertz CT molecular complexity index is 812. The summed E-state index contributed by atoms with van der Waals surface area (Å²) in [6.07, 6.45) is 2.63. The predicted molar refractivity (Wildman–Crippen MR) is 85.1 cm³/mol. The molecule has 1 heterocycles. The van der Waals surface area contributed by atoms with Gasteiger partial charge in [-0.2, -0.15) is 5.10 Å². The number of nitrogens with one attached hydrogen (secondary N) is 1. The number of halogens is 1. The molecule has 0 aliphatic rings. The minimum Gasteiger partial charge on any atom is -0.307 e. The summed E-state index contributed by atoms with van der Waals surface area (Å²) < 4.78 is 25.0. The largest absolute Gasteiger partial charge is 0.307 e. The molecule has 118 valence electrons. The molecule has 1 N–H and O–H groups in total. The summed E-state index contributed by atoms with van der Waals surface area (Å²) in [7, 11) is -3.50. The first-order chi connectivity index (χ1) is 10.2. The lowest BCUT2D eigenvalue weighted by atomic mass is 10.2. The van der Waals surface area contributed by atoms with Crippen LogP contribution in [0, 0.1) is 0 Å². The van der Waals surface area contributed by atoms with Gasteiger partial charge in [-0.1, -0.05) is 11.6 Å². The van der Waals surface area contributed by atoms with Gasteiger partial charge < -0.3 is 5.32 Å². The van der Waals surface area contributed by atoms with Gasteiger partial charge in [0.05, 0.1) is 16.1 Å². The van der Waals surface area contributed by atoms with E-state index in [-0.39, 0.29) is 21.5 Å². The summed E-state index contributed by atoms with van der Waals surface area (Å²) in [6.45, 7) is 3.87. The van der Waals surface area contributed by atoms with Crippen LogP contribution in [-0.2, 0) is 9.84 Å². The average molecular weight is 342 g/mol. The topological polar surface area (TPSA) is 81.1 Å². The molecule has 2 aromatic rings. The van der Waals surface area contributed by atoms with Gasteiger partial charge in [0.15, 0.2) is 9.84 Å². The molecular weight excluding hydrogens is 326 g/mol. The lowest BCUT2D eigenvalue weighted by Gasteiger charge is -2.12. The van der Waals surface area contributed by atoms with Crippen molar-refractivity contribution < 1.29 is 13.2 Å². The second-order valence-corrected chi connectivity index (χ2v) is 7.52. The molecule has 2 rings (SSSR count). The molecule has 0 spiro atoms. The van der Waals surface area contributed by atoms with E-state index in [1.165, 1.54) is 18.2 Å². The van der Waals surface area contributed by atoms with E-state index in [1.807, 2.05) is 13.8 Å². The number of carbonyl (C=O) groups is 1. The number of anilines is 1. The van der Waals surface area contributed by atoms with Crippen molar-refractivity contribution >= 4 is 33.2 Å². The first-order valence-electron chi connectivity index (χ1n) is 6.54. The highest BCUT2D eigenvalue weighted by Gasteiger charge is 2.17. The Morgan fingerprint density at radius 2 is 2.00 bits per heavy atom. The number of carbonyl (C=O) groups excluding carboxylic acids is 1. The summed E-state index contributed by atoms with van der Waals surface area (Å²) in [5.41, 5.74) is 0.210. The van der Waals surface area contributed by atoms with Crippen molar-refractivity contribution in [2.75, 3.05) is 11.6 Å². The van der Waals surface area contributed by atoms with Crippen molar-refractivity contribution in [1.29, 1.82) is 0 Å². The van der Waals surface area contributed by atoms with Crippen molar-refractivity contribution in [2.24, 2.45) is 0 Å². The van der Waals surface area contributed by atoms with Gasteiger partial charge in [-0.25, -0.2) is 13.1 Å². The van der Waals surface area contributed by atoms with Crippen LogP contribution in [0.1, 0.15) is 30.2 Å². The number of sulfone groups is 1. The monoisotopic (exact) mass is 341 g/mol. The smallest absolute Gasteiger partial charge is 0.256 e. The molecule has 0 fully saturated rings. The Morgan fingerprint density at radius 1 is 1.32 bits per heavy atom. The van der Waals surface area contributed by atoms with Crippen LogP contribution in [0.5, 0.6) is 0 Å². The van der Waals surface area contributed by atoms with Crippen LogP contribution in [0.3, 0.4) is 0 Å². The highest BCUT2D eigenvalue weighted by atomic mass is 35.5. The fourth-order valence-electron chi connectivity index (χ4n) is 1.94. The van der Waals surface area contributed by atoms with E-state index in [1.54, 1.807) is 16.9 Å². The maximum atomic E-state index is 12.3. The Morgan fingerprint density at radius 3 is 2.59 bits per heavy atom. The van der Waals surface area contributed by atoms with E-state index in [0.29, 0.717) is 5.82 Å². The van der Waals surface area contributed by atoms with Crippen molar-refractivity contribution in [1.82, 2.24) is 9.78 Å². The second kappa shape index (κ2) is 6.10. The number of aromatic nitrogens is 2. The SMILES string of the molecule is CC(C)n1nccc1NC(=O)c1ccc(Cl)c(S(C)(=O)=O)c1. The highest BCUT2D eigenvalue weighted by molar-refractivity contribution is 7.90. The summed E-state index contributed by atoms with van der Waals surface area (Å²) in [5, 5.41) is 6.92. The van der Waals surface area contributed by atoms with Gasteiger partial charge in [-0.15, -0.1) is 0 Å². The summed E-state index contributed by atoms with van der Waals surface area (Å²) in [5.74, 6) is 0.111. The van der Waals surface area contributed by atoms with E-state index in [9.17, 15) is 13.2 Å². The highest BCUT2D eigenvalue weighted by Crippen LogP contribution is 2.23. The Hall–Kier alpha value is -1.86. The van der Waals surface area contributed by atoms with E-state index in [2.05, 4.69) is 10.4 Å². The number of amides is 1. The van der Waals surface area contributed by atoms with Crippen LogP contribution < -0.4 is 5.32 Å². The molecule has 0 aliphatic carbocycles. The normalized spacial score (nSPS) is 11.7. The third kappa shape index (κ3) is 3.48.